The molecular formula is C18H16N6O2. The summed E-state index contributed by atoms with van der Waals surface area (Å²) in [5.74, 6) is 0.00340. The SMILES string of the molecule is O=C1N[C@@H](C(=O)NCc2nnnn2-c2ccccc2)Cc2ccccc21. The molecule has 26 heavy (non-hydrogen) atoms. The smallest absolute Gasteiger partial charge is 0.252 e. The molecule has 1 atom stereocenters. The highest BCUT2D eigenvalue weighted by atomic mass is 16.2. The van der Waals surface area contributed by atoms with Crippen LogP contribution in [-0.4, -0.2) is 38.1 Å². The maximum absolute atomic E-state index is 12.5. The van der Waals surface area contributed by atoms with Crippen LogP contribution in [0.2, 0.25) is 0 Å². The van der Waals surface area contributed by atoms with Crippen molar-refractivity contribution in [3.63, 3.8) is 0 Å². The molecule has 2 N–H and O–H groups in total. The van der Waals surface area contributed by atoms with Crippen LogP contribution in [0.3, 0.4) is 0 Å². The summed E-state index contributed by atoms with van der Waals surface area (Å²) >= 11 is 0. The first kappa shape index (κ1) is 15.9. The molecule has 0 saturated carbocycles. The maximum Gasteiger partial charge on any atom is 0.252 e. The number of hydrogen-bond donors (Lipinski definition) is 2. The molecule has 4 rings (SSSR count). The third kappa shape index (κ3) is 3.04. The van der Waals surface area contributed by atoms with Crippen molar-refractivity contribution in [1.82, 2.24) is 30.8 Å². The molecular weight excluding hydrogens is 332 g/mol. The lowest BCUT2D eigenvalue weighted by Gasteiger charge is -2.24. The number of carbonyl (C=O) groups excluding carboxylic acids is 2. The molecule has 1 aliphatic heterocycles. The Hall–Kier alpha value is -3.55. The third-order valence-electron chi connectivity index (χ3n) is 4.26. The quantitative estimate of drug-likeness (QED) is 0.720. The lowest BCUT2D eigenvalue weighted by molar-refractivity contribution is -0.123. The van der Waals surface area contributed by atoms with Crippen molar-refractivity contribution < 1.29 is 9.59 Å². The van der Waals surface area contributed by atoms with E-state index < -0.39 is 6.04 Å². The summed E-state index contributed by atoms with van der Waals surface area (Å²) in [6.07, 6.45) is 0.456. The van der Waals surface area contributed by atoms with Gasteiger partial charge in [0.05, 0.1) is 12.2 Å². The van der Waals surface area contributed by atoms with Gasteiger partial charge in [0.25, 0.3) is 5.91 Å². The summed E-state index contributed by atoms with van der Waals surface area (Å²) in [4.78, 5) is 24.6. The van der Waals surface area contributed by atoms with Crippen LogP contribution in [-0.2, 0) is 17.8 Å². The summed E-state index contributed by atoms with van der Waals surface area (Å²) in [5, 5.41) is 17.1. The van der Waals surface area contributed by atoms with Gasteiger partial charge < -0.3 is 10.6 Å². The number of amides is 2. The molecule has 0 radical (unpaired) electrons. The van der Waals surface area contributed by atoms with Crippen LogP contribution in [0.4, 0.5) is 0 Å². The average molecular weight is 348 g/mol. The molecule has 8 heteroatoms. The van der Waals surface area contributed by atoms with Gasteiger partial charge >= 0.3 is 0 Å². The topological polar surface area (TPSA) is 102 Å². The van der Waals surface area contributed by atoms with Crippen LogP contribution < -0.4 is 10.6 Å². The second-order valence-corrected chi connectivity index (χ2v) is 5.95. The van der Waals surface area contributed by atoms with Crippen molar-refractivity contribution in [3.8, 4) is 5.69 Å². The van der Waals surface area contributed by atoms with E-state index in [-0.39, 0.29) is 18.4 Å². The number of para-hydroxylation sites is 1. The molecule has 3 aromatic rings. The minimum Gasteiger partial charge on any atom is -0.347 e. The number of aromatic nitrogens is 4. The van der Waals surface area contributed by atoms with Crippen LogP contribution in [0.1, 0.15) is 21.7 Å². The standard InChI is InChI=1S/C18H16N6O2/c25-17-14-9-5-4-6-12(14)10-15(20-17)18(26)19-11-16-21-22-23-24(16)13-7-2-1-3-8-13/h1-9,15H,10-11H2,(H,19,26)(H,20,25)/t15-/m1/s1. The number of fused-ring (bicyclic) bond motifs is 1. The first-order chi connectivity index (χ1) is 12.7. The van der Waals surface area contributed by atoms with Crippen molar-refractivity contribution in [2.24, 2.45) is 0 Å². The highest BCUT2D eigenvalue weighted by Gasteiger charge is 2.28. The minimum absolute atomic E-state index is 0.161. The lowest BCUT2D eigenvalue weighted by Crippen LogP contribution is -2.50. The first-order valence-corrected chi connectivity index (χ1v) is 8.21. The summed E-state index contributed by atoms with van der Waals surface area (Å²) in [7, 11) is 0. The van der Waals surface area contributed by atoms with Crippen LogP contribution in [0.5, 0.6) is 0 Å². The summed E-state index contributed by atoms with van der Waals surface area (Å²) < 4.78 is 1.56. The average Bonchev–Trinajstić information content (AvgIpc) is 3.15. The fourth-order valence-electron chi connectivity index (χ4n) is 2.96. The number of nitrogens with zero attached hydrogens (tertiary/aromatic N) is 4. The number of hydrogen-bond acceptors (Lipinski definition) is 5. The molecule has 0 saturated heterocycles. The molecule has 0 bridgehead atoms. The van der Waals surface area contributed by atoms with E-state index in [1.54, 1.807) is 10.7 Å². The summed E-state index contributed by atoms with van der Waals surface area (Å²) in [6.45, 7) is 0.161. The summed E-state index contributed by atoms with van der Waals surface area (Å²) in [5.41, 5.74) is 2.29. The van der Waals surface area contributed by atoms with Gasteiger partial charge in [-0.25, -0.2) is 0 Å². The number of rotatable bonds is 4. The van der Waals surface area contributed by atoms with Crippen molar-refractivity contribution in [2.45, 2.75) is 19.0 Å². The van der Waals surface area contributed by atoms with Gasteiger partial charge in [-0.3, -0.25) is 9.59 Å². The predicted molar refractivity (Wildman–Crippen MR) is 92.4 cm³/mol. The van der Waals surface area contributed by atoms with E-state index in [0.717, 1.165) is 11.3 Å². The van der Waals surface area contributed by atoms with Gasteiger partial charge in [-0.1, -0.05) is 36.4 Å². The Kier molecular flexibility index (Phi) is 4.14. The second-order valence-electron chi connectivity index (χ2n) is 5.95. The van der Waals surface area contributed by atoms with E-state index in [0.29, 0.717) is 17.8 Å². The van der Waals surface area contributed by atoms with E-state index in [9.17, 15) is 9.59 Å². The van der Waals surface area contributed by atoms with Crippen LogP contribution >= 0.6 is 0 Å². The van der Waals surface area contributed by atoms with Gasteiger partial charge in [0.1, 0.15) is 6.04 Å². The van der Waals surface area contributed by atoms with Gasteiger partial charge in [0.15, 0.2) is 5.82 Å². The normalized spacial score (nSPS) is 15.8. The van der Waals surface area contributed by atoms with Crippen LogP contribution in [0.15, 0.2) is 54.6 Å². The molecule has 2 amide bonds. The van der Waals surface area contributed by atoms with Crippen molar-refractivity contribution in [1.29, 1.82) is 0 Å². The van der Waals surface area contributed by atoms with Crippen molar-refractivity contribution >= 4 is 11.8 Å². The Morgan fingerprint density at radius 1 is 1.15 bits per heavy atom. The van der Waals surface area contributed by atoms with Crippen molar-refractivity contribution in [3.05, 3.63) is 71.5 Å². The Morgan fingerprint density at radius 3 is 2.77 bits per heavy atom. The van der Waals surface area contributed by atoms with Gasteiger partial charge in [0.2, 0.25) is 5.91 Å². The molecule has 1 aliphatic rings. The third-order valence-corrected chi connectivity index (χ3v) is 4.26. The zero-order valence-electron chi connectivity index (χ0n) is 13.8. The summed E-state index contributed by atoms with van der Waals surface area (Å²) in [6, 6.07) is 16.1. The Morgan fingerprint density at radius 2 is 1.92 bits per heavy atom. The van der Waals surface area contributed by atoms with Gasteiger partial charge in [-0.15, -0.1) is 5.10 Å². The molecule has 2 heterocycles. The van der Waals surface area contributed by atoms with Gasteiger partial charge in [0, 0.05) is 12.0 Å². The molecule has 1 aromatic heterocycles. The van der Waals surface area contributed by atoms with E-state index >= 15 is 0 Å². The maximum atomic E-state index is 12.5. The van der Waals surface area contributed by atoms with E-state index in [1.165, 1.54) is 0 Å². The van der Waals surface area contributed by atoms with Gasteiger partial charge in [-0.05, 0) is 34.2 Å². The van der Waals surface area contributed by atoms with E-state index in [2.05, 4.69) is 26.2 Å². The highest BCUT2D eigenvalue weighted by molar-refractivity contribution is 6.00. The first-order valence-electron chi connectivity index (χ1n) is 8.21. The van der Waals surface area contributed by atoms with E-state index in [1.807, 2.05) is 48.5 Å². The zero-order valence-corrected chi connectivity index (χ0v) is 13.8. The zero-order chi connectivity index (χ0) is 17.9. The Labute approximate surface area is 149 Å². The molecule has 8 nitrogen and oxygen atoms in total. The van der Waals surface area contributed by atoms with Gasteiger partial charge in [-0.2, -0.15) is 4.68 Å². The number of carbonyl (C=O) groups is 2. The van der Waals surface area contributed by atoms with Crippen molar-refractivity contribution in [2.75, 3.05) is 0 Å². The van der Waals surface area contributed by atoms with E-state index in [4.69, 9.17) is 0 Å². The largest absolute Gasteiger partial charge is 0.347 e. The molecule has 0 spiro atoms. The van der Waals surface area contributed by atoms with Crippen LogP contribution in [0.25, 0.3) is 5.69 Å². The molecule has 0 unspecified atom stereocenters. The monoisotopic (exact) mass is 348 g/mol. The second kappa shape index (κ2) is 6.75. The Balaban J connectivity index is 1.45. The predicted octanol–water partition coefficient (Wildman–Crippen LogP) is 0.633. The Bertz CT molecular complexity index is 953. The fraction of sp³-hybridized carbons (Fsp3) is 0.167. The lowest BCUT2D eigenvalue weighted by atomic mass is 9.95. The fourth-order valence-corrected chi connectivity index (χ4v) is 2.96. The number of tetrazole rings is 1. The number of benzene rings is 2. The minimum atomic E-state index is -0.613. The molecule has 130 valence electrons. The molecule has 0 aliphatic carbocycles. The van der Waals surface area contributed by atoms with Crippen LogP contribution in [0, 0.1) is 0 Å². The molecule has 2 aromatic carbocycles. The molecule has 0 fully saturated rings. The number of nitrogens with one attached hydrogen (secondary N) is 2. The highest BCUT2D eigenvalue weighted by Crippen LogP contribution is 2.16.